The molecule has 0 aromatic heterocycles. The number of carboxylic acids is 1. The molecular formula is C14H15F2NO4. The second-order valence-corrected chi connectivity index (χ2v) is 4.98. The van der Waals surface area contributed by atoms with Crippen LogP contribution in [-0.4, -0.2) is 29.6 Å². The first-order chi connectivity index (χ1) is 9.95. The van der Waals surface area contributed by atoms with Crippen molar-refractivity contribution in [3.8, 4) is 5.75 Å². The average Bonchev–Trinajstić information content (AvgIpc) is 2.86. The molecule has 1 aliphatic rings. The number of aliphatic carboxylic acids is 1. The Morgan fingerprint density at radius 3 is 2.71 bits per heavy atom. The summed E-state index contributed by atoms with van der Waals surface area (Å²) in [5.74, 6) is -3.58. The summed E-state index contributed by atoms with van der Waals surface area (Å²) in [6, 6.07) is 2.60. The van der Waals surface area contributed by atoms with Gasteiger partial charge in [-0.2, -0.15) is 0 Å². The van der Waals surface area contributed by atoms with Crippen LogP contribution in [-0.2, 0) is 9.59 Å². The third-order valence-electron chi connectivity index (χ3n) is 3.40. The standard InChI is InChI=1S/C14H15F2NO4/c15-9-2-4-12(11(16)6-9)21-7-13(18)17-10-3-1-8(5-10)14(19)20/h2,4,6,8,10H,1,3,5,7H2,(H,17,18)(H,19,20)/t8-,10+/m1/s1. The molecule has 1 aromatic carbocycles. The number of amides is 1. The molecule has 0 aliphatic heterocycles. The number of hydrogen-bond acceptors (Lipinski definition) is 3. The van der Waals surface area contributed by atoms with Crippen molar-refractivity contribution in [3.63, 3.8) is 0 Å². The molecule has 2 atom stereocenters. The third kappa shape index (κ3) is 4.14. The number of ether oxygens (including phenoxy) is 1. The van der Waals surface area contributed by atoms with Gasteiger partial charge in [0, 0.05) is 12.1 Å². The fourth-order valence-corrected chi connectivity index (χ4v) is 2.34. The van der Waals surface area contributed by atoms with Crippen molar-refractivity contribution in [2.24, 2.45) is 5.92 Å². The zero-order chi connectivity index (χ0) is 15.4. The van der Waals surface area contributed by atoms with Crippen LogP contribution in [0.15, 0.2) is 18.2 Å². The van der Waals surface area contributed by atoms with E-state index in [9.17, 15) is 18.4 Å². The normalized spacial score (nSPS) is 21.0. The molecule has 7 heteroatoms. The second kappa shape index (κ2) is 6.51. The van der Waals surface area contributed by atoms with Gasteiger partial charge < -0.3 is 15.2 Å². The van der Waals surface area contributed by atoms with Crippen molar-refractivity contribution in [2.75, 3.05) is 6.61 Å². The van der Waals surface area contributed by atoms with Crippen LogP contribution in [0.1, 0.15) is 19.3 Å². The Labute approximate surface area is 119 Å². The molecule has 1 saturated carbocycles. The maximum Gasteiger partial charge on any atom is 0.306 e. The van der Waals surface area contributed by atoms with Crippen molar-refractivity contribution in [1.82, 2.24) is 5.32 Å². The predicted molar refractivity (Wildman–Crippen MR) is 68.8 cm³/mol. The van der Waals surface area contributed by atoms with E-state index in [1.54, 1.807) is 0 Å². The van der Waals surface area contributed by atoms with Crippen LogP contribution in [0.5, 0.6) is 5.75 Å². The summed E-state index contributed by atoms with van der Waals surface area (Å²) in [5, 5.41) is 11.5. The highest BCUT2D eigenvalue weighted by molar-refractivity contribution is 5.78. The summed E-state index contributed by atoms with van der Waals surface area (Å²) in [5.41, 5.74) is 0. The first kappa shape index (κ1) is 15.2. The number of carbonyl (C=O) groups excluding carboxylic acids is 1. The van der Waals surface area contributed by atoms with Gasteiger partial charge in [-0.15, -0.1) is 0 Å². The van der Waals surface area contributed by atoms with E-state index < -0.39 is 36.0 Å². The molecule has 1 fully saturated rings. The largest absolute Gasteiger partial charge is 0.481 e. The van der Waals surface area contributed by atoms with E-state index in [2.05, 4.69) is 5.32 Å². The van der Waals surface area contributed by atoms with E-state index >= 15 is 0 Å². The third-order valence-corrected chi connectivity index (χ3v) is 3.40. The molecule has 21 heavy (non-hydrogen) atoms. The fraction of sp³-hybridized carbons (Fsp3) is 0.429. The molecule has 2 N–H and O–H groups in total. The second-order valence-electron chi connectivity index (χ2n) is 4.98. The molecular weight excluding hydrogens is 284 g/mol. The molecule has 0 unspecified atom stereocenters. The summed E-state index contributed by atoms with van der Waals surface area (Å²) in [6.07, 6.45) is 1.49. The Hall–Kier alpha value is -2.18. The van der Waals surface area contributed by atoms with Gasteiger partial charge in [0.05, 0.1) is 5.92 Å². The Morgan fingerprint density at radius 1 is 1.33 bits per heavy atom. The van der Waals surface area contributed by atoms with E-state index in [0.29, 0.717) is 25.3 Å². The van der Waals surface area contributed by atoms with Gasteiger partial charge in [-0.05, 0) is 31.4 Å². The van der Waals surface area contributed by atoms with Gasteiger partial charge in [-0.1, -0.05) is 0 Å². The van der Waals surface area contributed by atoms with Gasteiger partial charge in [0.15, 0.2) is 18.2 Å². The summed E-state index contributed by atoms with van der Waals surface area (Å²) in [4.78, 5) is 22.4. The van der Waals surface area contributed by atoms with Crippen LogP contribution in [0.4, 0.5) is 8.78 Å². The summed E-state index contributed by atoms with van der Waals surface area (Å²) in [7, 11) is 0. The molecule has 0 spiro atoms. The van der Waals surface area contributed by atoms with Crippen LogP contribution < -0.4 is 10.1 Å². The molecule has 1 amide bonds. The first-order valence-electron chi connectivity index (χ1n) is 6.55. The van der Waals surface area contributed by atoms with E-state index in [1.165, 1.54) is 0 Å². The molecule has 1 aromatic rings. The number of rotatable bonds is 5. The van der Waals surface area contributed by atoms with Crippen LogP contribution in [0, 0.1) is 17.6 Å². The van der Waals surface area contributed by atoms with Gasteiger partial charge >= 0.3 is 5.97 Å². The number of carboxylic acid groups (broad SMARTS) is 1. The monoisotopic (exact) mass is 299 g/mol. The topological polar surface area (TPSA) is 75.6 Å². The molecule has 0 heterocycles. The number of hydrogen-bond donors (Lipinski definition) is 2. The SMILES string of the molecule is O=C(COc1ccc(F)cc1F)N[C@H]1CC[C@@H](C(=O)O)C1. The Kier molecular flexibility index (Phi) is 4.72. The molecule has 0 bridgehead atoms. The maximum absolute atomic E-state index is 13.3. The van der Waals surface area contributed by atoms with Gasteiger partial charge in [-0.3, -0.25) is 9.59 Å². The van der Waals surface area contributed by atoms with E-state index in [0.717, 1.165) is 12.1 Å². The van der Waals surface area contributed by atoms with Gasteiger partial charge in [-0.25, -0.2) is 8.78 Å². The molecule has 0 radical (unpaired) electrons. The highest BCUT2D eigenvalue weighted by Gasteiger charge is 2.30. The number of nitrogens with one attached hydrogen (secondary N) is 1. The van der Waals surface area contributed by atoms with Crippen LogP contribution in [0.25, 0.3) is 0 Å². The summed E-state index contributed by atoms with van der Waals surface area (Å²) < 4.78 is 30.9. The Morgan fingerprint density at radius 2 is 2.10 bits per heavy atom. The highest BCUT2D eigenvalue weighted by Crippen LogP contribution is 2.25. The molecule has 1 aliphatic carbocycles. The average molecular weight is 299 g/mol. The van der Waals surface area contributed by atoms with Crippen molar-refractivity contribution in [3.05, 3.63) is 29.8 Å². The van der Waals surface area contributed by atoms with E-state index in [1.807, 2.05) is 0 Å². The predicted octanol–water partition coefficient (Wildman–Crippen LogP) is 1.71. The minimum atomic E-state index is -0.880. The lowest BCUT2D eigenvalue weighted by Crippen LogP contribution is -2.36. The van der Waals surface area contributed by atoms with E-state index in [-0.39, 0.29) is 11.8 Å². The van der Waals surface area contributed by atoms with Crippen molar-refractivity contribution in [2.45, 2.75) is 25.3 Å². The van der Waals surface area contributed by atoms with Crippen LogP contribution in [0.3, 0.4) is 0 Å². The van der Waals surface area contributed by atoms with Crippen molar-refractivity contribution in [1.29, 1.82) is 0 Å². The zero-order valence-electron chi connectivity index (χ0n) is 11.1. The molecule has 0 saturated heterocycles. The Bertz CT molecular complexity index is 550. The first-order valence-corrected chi connectivity index (χ1v) is 6.55. The van der Waals surface area contributed by atoms with Gasteiger partial charge in [0.25, 0.3) is 5.91 Å². The fourth-order valence-electron chi connectivity index (χ4n) is 2.34. The summed E-state index contributed by atoms with van der Waals surface area (Å²) >= 11 is 0. The lowest BCUT2D eigenvalue weighted by atomic mass is 10.1. The lowest BCUT2D eigenvalue weighted by Gasteiger charge is -2.13. The van der Waals surface area contributed by atoms with Gasteiger partial charge in [0.2, 0.25) is 0 Å². The van der Waals surface area contributed by atoms with Gasteiger partial charge in [0.1, 0.15) is 5.82 Å². The smallest absolute Gasteiger partial charge is 0.306 e. The minimum absolute atomic E-state index is 0.207. The number of halogens is 2. The highest BCUT2D eigenvalue weighted by atomic mass is 19.1. The molecule has 5 nitrogen and oxygen atoms in total. The molecule has 2 rings (SSSR count). The molecule has 114 valence electrons. The van der Waals surface area contributed by atoms with Crippen LogP contribution >= 0.6 is 0 Å². The quantitative estimate of drug-likeness (QED) is 0.868. The lowest BCUT2D eigenvalue weighted by molar-refractivity contribution is -0.141. The maximum atomic E-state index is 13.3. The zero-order valence-corrected chi connectivity index (χ0v) is 11.1. The van der Waals surface area contributed by atoms with Crippen molar-refractivity contribution >= 4 is 11.9 Å². The number of benzene rings is 1. The Balaban J connectivity index is 1.79. The van der Waals surface area contributed by atoms with E-state index in [4.69, 9.17) is 9.84 Å². The van der Waals surface area contributed by atoms with Crippen molar-refractivity contribution < 1.29 is 28.2 Å². The minimum Gasteiger partial charge on any atom is -0.481 e. The van der Waals surface area contributed by atoms with Crippen LogP contribution in [0.2, 0.25) is 0 Å². The summed E-state index contributed by atoms with van der Waals surface area (Å²) in [6.45, 7) is -0.406. The number of carbonyl (C=O) groups is 2.